The predicted octanol–water partition coefficient (Wildman–Crippen LogP) is 2.19. The highest BCUT2D eigenvalue weighted by atomic mass is 16.6. The zero-order chi connectivity index (χ0) is 16.2. The molecule has 5 heteroatoms. The molecule has 0 spiro atoms. The lowest BCUT2D eigenvalue weighted by atomic mass is 9.58. The van der Waals surface area contributed by atoms with E-state index in [1.54, 1.807) is 0 Å². The molecule has 0 aromatic rings. The molecule has 2 fully saturated rings. The van der Waals surface area contributed by atoms with Crippen LogP contribution in [0.4, 0.5) is 0 Å². The summed E-state index contributed by atoms with van der Waals surface area (Å²) in [5.74, 6) is -0.533. The van der Waals surface area contributed by atoms with Gasteiger partial charge in [0, 0.05) is 19.3 Å². The lowest BCUT2D eigenvalue weighted by molar-refractivity contribution is -0.150. The monoisotopic (exact) mass is 306 g/mol. The molecule has 1 saturated heterocycles. The third-order valence-corrected chi connectivity index (χ3v) is 5.70. The minimum absolute atomic E-state index is 0.0772. The number of ether oxygens (including phenoxy) is 2. The Labute approximate surface area is 130 Å². The van der Waals surface area contributed by atoms with Crippen molar-refractivity contribution in [1.82, 2.24) is 0 Å². The fourth-order valence-electron chi connectivity index (χ4n) is 4.33. The van der Waals surface area contributed by atoms with Crippen LogP contribution in [-0.2, 0) is 23.9 Å². The summed E-state index contributed by atoms with van der Waals surface area (Å²) in [7, 11) is 0. The Morgan fingerprint density at radius 1 is 1.36 bits per heavy atom. The molecule has 3 aliphatic rings. The molecule has 120 valence electrons. The van der Waals surface area contributed by atoms with E-state index in [2.05, 4.69) is 0 Å². The molecule has 0 radical (unpaired) electrons. The first-order valence-corrected chi connectivity index (χ1v) is 7.88. The minimum Gasteiger partial charge on any atom is -0.458 e. The van der Waals surface area contributed by atoms with Crippen LogP contribution in [0, 0.1) is 17.3 Å². The number of ketones is 1. The van der Waals surface area contributed by atoms with E-state index in [9.17, 15) is 14.4 Å². The van der Waals surface area contributed by atoms with Crippen LogP contribution in [0.3, 0.4) is 0 Å². The van der Waals surface area contributed by atoms with E-state index < -0.39 is 17.5 Å². The van der Waals surface area contributed by atoms with Crippen LogP contribution >= 0.6 is 0 Å². The van der Waals surface area contributed by atoms with Crippen molar-refractivity contribution in [2.45, 2.75) is 59.2 Å². The Kier molecular flexibility index (Phi) is 3.42. The number of carbonyl (C=O) groups excluding carboxylic acids is 3. The summed E-state index contributed by atoms with van der Waals surface area (Å²) in [6, 6.07) is 0. The number of rotatable bonds is 1. The van der Waals surface area contributed by atoms with Gasteiger partial charge in [0.1, 0.15) is 18.0 Å². The van der Waals surface area contributed by atoms with E-state index >= 15 is 0 Å². The summed E-state index contributed by atoms with van der Waals surface area (Å²) >= 11 is 0. The average molecular weight is 306 g/mol. The van der Waals surface area contributed by atoms with Crippen LogP contribution in [0.1, 0.15) is 47.0 Å². The molecule has 0 aromatic heterocycles. The molecule has 5 nitrogen and oxygen atoms in total. The summed E-state index contributed by atoms with van der Waals surface area (Å²) < 4.78 is 10.9. The molecule has 1 aliphatic heterocycles. The Morgan fingerprint density at radius 3 is 2.68 bits per heavy atom. The topological polar surface area (TPSA) is 69.7 Å². The second-order valence-electron chi connectivity index (χ2n) is 7.00. The van der Waals surface area contributed by atoms with Crippen LogP contribution in [0.25, 0.3) is 0 Å². The fraction of sp³-hybridized carbons (Fsp3) is 0.706. The molecule has 5 unspecified atom stereocenters. The first kappa shape index (κ1) is 15.3. The fourth-order valence-corrected chi connectivity index (χ4v) is 4.33. The molecule has 1 saturated carbocycles. The van der Waals surface area contributed by atoms with E-state index in [1.807, 2.05) is 20.8 Å². The van der Waals surface area contributed by atoms with Gasteiger partial charge in [-0.25, -0.2) is 0 Å². The van der Waals surface area contributed by atoms with Crippen molar-refractivity contribution < 1.29 is 23.9 Å². The molecule has 2 aliphatic carbocycles. The Bertz CT molecular complexity index is 590. The molecule has 22 heavy (non-hydrogen) atoms. The van der Waals surface area contributed by atoms with Gasteiger partial charge in [0.25, 0.3) is 0 Å². The number of hydrogen-bond donors (Lipinski definition) is 0. The number of esters is 2. The van der Waals surface area contributed by atoms with Crippen molar-refractivity contribution >= 4 is 17.7 Å². The highest BCUT2D eigenvalue weighted by Crippen LogP contribution is 2.54. The molecular weight excluding hydrogens is 284 g/mol. The quantitative estimate of drug-likeness (QED) is 0.548. The van der Waals surface area contributed by atoms with Crippen LogP contribution < -0.4 is 0 Å². The standard InChI is InChI=1S/C17H22O5/c1-8-11-5-6-17(4)13(19)7-12(21-10(3)18)9(2)14(17)15(11)22-16(8)20/h8,11-12,15H,5-7H2,1-4H3. The largest absolute Gasteiger partial charge is 0.458 e. The maximum atomic E-state index is 12.7. The maximum Gasteiger partial charge on any atom is 0.309 e. The van der Waals surface area contributed by atoms with Gasteiger partial charge < -0.3 is 9.47 Å². The van der Waals surface area contributed by atoms with E-state index in [-0.39, 0.29) is 36.1 Å². The van der Waals surface area contributed by atoms with Gasteiger partial charge in [0.05, 0.1) is 11.3 Å². The van der Waals surface area contributed by atoms with Crippen molar-refractivity contribution in [1.29, 1.82) is 0 Å². The highest BCUT2D eigenvalue weighted by Gasteiger charge is 2.57. The van der Waals surface area contributed by atoms with Crippen LogP contribution in [0.2, 0.25) is 0 Å². The normalized spacial score (nSPS) is 40.9. The third kappa shape index (κ3) is 2.02. The first-order chi connectivity index (χ1) is 10.3. The first-order valence-electron chi connectivity index (χ1n) is 7.88. The highest BCUT2D eigenvalue weighted by molar-refractivity contribution is 5.91. The number of hydrogen-bond acceptors (Lipinski definition) is 5. The number of fused-ring (bicyclic) bond motifs is 3. The molecule has 5 atom stereocenters. The maximum absolute atomic E-state index is 12.7. The van der Waals surface area contributed by atoms with Gasteiger partial charge in [-0.3, -0.25) is 14.4 Å². The summed E-state index contributed by atoms with van der Waals surface area (Å²) in [6.45, 7) is 7.06. The van der Waals surface area contributed by atoms with E-state index in [0.717, 1.165) is 24.0 Å². The van der Waals surface area contributed by atoms with Gasteiger partial charge in [-0.2, -0.15) is 0 Å². The molecular formula is C17H22O5. The van der Waals surface area contributed by atoms with Crippen LogP contribution in [-0.4, -0.2) is 29.9 Å². The summed E-state index contributed by atoms with van der Waals surface area (Å²) in [5.41, 5.74) is 1.17. The molecule has 0 aromatic carbocycles. The summed E-state index contributed by atoms with van der Waals surface area (Å²) in [6.07, 6.45) is 0.888. The van der Waals surface area contributed by atoms with Crippen molar-refractivity contribution in [3.05, 3.63) is 11.1 Å². The smallest absolute Gasteiger partial charge is 0.309 e. The second-order valence-corrected chi connectivity index (χ2v) is 7.00. The van der Waals surface area contributed by atoms with Gasteiger partial charge in [0.15, 0.2) is 0 Å². The van der Waals surface area contributed by atoms with Crippen LogP contribution in [0.5, 0.6) is 0 Å². The number of Topliss-reactive ketones (excluding diaryl/α,β-unsaturated/α-hetero) is 1. The van der Waals surface area contributed by atoms with Gasteiger partial charge in [-0.15, -0.1) is 0 Å². The SMILES string of the molecule is CC(=O)OC1CC(=O)C2(C)CCC3C(C)C(=O)OC3C2=C1C. The van der Waals surface area contributed by atoms with Crippen molar-refractivity contribution in [2.24, 2.45) is 17.3 Å². The van der Waals surface area contributed by atoms with Crippen molar-refractivity contribution in [2.75, 3.05) is 0 Å². The van der Waals surface area contributed by atoms with Crippen molar-refractivity contribution in [3.8, 4) is 0 Å². The Hall–Kier alpha value is -1.65. The lowest BCUT2D eigenvalue weighted by Gasteiger charge is -2.46. The molecule has 1 heterocycles. The summed E-state index contributed by atoms with van der Waals surface area (Å²) in [5, 5.41) is 0. The second kappa shape index (κ2) is 4.93. The lowest BCUT2D eigenvalue weighted by Crippen LogP contribution is -2.48. The van der Waals surface area contributed by atoms with Gasteiger partial charge in [-0.1, -0.05) is 6.92 Å². The third-order valence-electron chi connectivity index (χ3n) is 5.70. The number of carbonyl (C=O) groups is 3. The summed E-state index contributed by atoms with van der Waals surface area (Å²) in [4.78, 5) is 35.9. The van der Waals surface area contributed by atoms with E-state index in [0.29, 0.717) is 0 Å². The minimum atomic E-state index is -0.591. The Morgan fingerprint density at radius 2 is 2.05 bits per heavy atom. The average Bonchev–Trinajstić information content (AvgIpc) is 2.71. The van der Waals surface area contributed by atoms with E-state index in [4.69, 9.17) is 9.47 Å². The zero-order valence-corrected chi connectivity index (χ0v) is 13.5. The zero-order valence-electron chi connectivity index (χ0n) is 13.5. The van der Waals surface area contributed by atoms with E-state index in [1.165, 1.54) is 6.92 Å². The van der Waals surface area contributed by atoms with Gasteiger partial charge >= 0.3 is 11.9 Å². The van der Waals surface area contributed by atoms with Crippen LogP contribution in [0.15, 0.2) is 11.1 Å². The molecule has 0 amide bonds. The van der Waals surface area contributed by atoms with Gasteiger partial charge in [-0.05, 0) is 37.8 Å². The molecule has 3 rings (SSSR count). The molecule has 0 bridgehead atoms. The predicted molar refractivity (Wildman–Crippen MR) is 77.8 cm³/mol. The molecule has 0 N–H and O–H groups in total. The van der Waals surface area contributed by atoms with Gasteiger partial charge in [0.2, 0.25) is 0 Å². The Balaban J connectivity index is 2.07. The van der Waals surface area contributed by atoms with Crippen molar-refractivity contribution in [3.63, 3.8) is 0 Å².